The highest BCUT2D eigenvalue weighted by molar-refractivity contribution is 7.13. The fraction of sp³-hybridized carbons (Fsp3) is 0.263. The number of hydrogen-bond donors (Lipinski definition) is 0. The Balaban J connectivity index is 1.60. The summed E-state index contributed by atoms with van der Waals surface area (Å²) in [5.74, 6) is 0.748. The van der Waals surface area contributed by atoms with Crippen molar-refractivity contribution in [2.45, 2.75) is 33.4 Å². The van der Waals surface area contributed by atoms with Crippen molar-refractivity contribution < 1.29 is 4.79 Å². The van der Waals surface area contributed by atoms with Crippen LogP contribution in [0.4, 0.5) is 0 Å². The van der Waals surface area contributed by atoms with E-state index in [0.29, 0.717) is 18.9 Å². The van der Waals surface area contributed by atoms with Gasteiger partial charge in [-0.1, -0.05) is 37.3 Å². The van der Waals surface area contributed by atoms with Crippen LogP contribution >= 0.6 is 11.3 Å². The number of carbonyl (C=O) groups excluding carboxylic acids is 1. The van der Waals surface area contributed by atoms with E-state index in [-0.39, 0.29) is 5.91 Å². The number of nitrogens with zero attached hydrogens (tertiary/aromatic N) is 4. The topological polar surface area (TPSA) is 59.0 Å². The van der Waals surface area contributed by atoms with E-state index in [1.807, 2.05) is 55.3 Å². The summed E-state index contributed by atoms with van der Waals surface area (Å²) >= 11 is 1.47. The predicted octanol–water partition coefficient (Wildman–Crippen LogP) is 3.63. The van der Waals surface area contributed by atoms with Crippen molar-refractivity contribution in [3.05, 3.63) is 63.4 Å². The van der Waals surface area contributed by atoms with E-state index in [2.05, 4.69) is 15.0 Å². The van der Waals surface area contributed by atoms with Crippen molar-refractivity contribution in [1.29, 1.82) is 0 Å². The minimum atomic E-state index is 0.0433. The number of carbonyl (C=O) groups is 1. The maximum Gasteiger partial charge on any atom is 0.266 e. The standard InChI is InChI=1S/C19H18N4OS/c1-3-15-17(25-12(2)21-15)19(24)23-10-14-9-20-18(22-16(14)11-23)13-7-5-4-6-8-13/h4-9H,3,10-11H2,1-2H3. The Morgan fingerprint density at radius 1 is 1.20 bits per heavy atom. The summed E-state index contributed by atoms with van der Waals surface area (Å²) in [6, 6.07) is 9.90. The van der Waals surface area contributed by atoms with Crippen LogP contribution in [0.25, 0.3) is 11.4 Å². The second-order valence-electron chi connectivity index (χ2n) is 6.06. The third-order valence-electron chi connectivity index (χ3n) is 4.31. The Morgan fingerprint density at radius 2 is 2.00 bits per heavy atom. The van der Waals surface area contributed by atoms with Crippen molar-refractivity contribution in [2.75, 3.05) is 0 Å². The molecule has 3 aromatic rings. The van der Waals surface area contributed by atoms with Gasteiger partial charge in [0.25, 0.3) is 5.91 Å². The van der Waals surface area contributed by atoms with Crippen LogP contribution in [0.5, 0.6) is 0 Å². The smallest absolute Gasteiger partial charge is 0.266 e. The summed E-state index contributed by atoms with van der Waals surface area (Å²) in [6.07, 6.45) is 2.61. The Bertz CT molecular complexity index is 936. The normalized spacial score (nSPS) is 13.1. The second-order valence-corrected chi connectivity index (χ2v) is 7.26. The lowest BCUT2D eigenvalue weighted by atomic mass is 10.2. The van der Waals surface area contributed by atoms with Gasteiger partial charge in [-0.05, 0) is 13.3 Å². The first-order valence-corrected chi connectivity index (χ1v) is 9.13. The van der Waals surface area contributed by atoms with Crippen LogP contribution in [0.15, 0.2) is 36.5 Å². The van der Waals surface area contributed by atoms with Crippen LogP contribution < -0.4 is 0 Å². The molecule has 0 atom stereocenters. The van der Waals surface area contributed by atoms with Crippen molar-refractivity contribution in [3.8, 4) is 11.4 Å². The third kappa shape index (κ3) is 2.93. The summed E-state index contributed by atoms with van der Waals surface area (Å²) in [4.78, 5) is 29.1. The van der Waals surface area contributed by atoms with Gasteiger partial charge in [-0.25, -0.2) is 15.0 Å². The summed E-state index contributed by atoms with van der Waals surface area (Å²) < 4.78 is 0. The average molecular weight is 350 g/mol. The summed E-state index contributed by atoms with van der Waals surface area (Å²) in [5, 5.41) is 0.933. The molecule has 25 heavy (non-hydrogen) atoms. The molecule has 1 amide bonds. The molecule has 0 unspecified atom stereocenters. The van der Waals surface area contributed by atoms with Gasteiger partial charge in [0.15, 0.2) is 5.82 Å². The molecule has 0 N–H and O–H groups in total. The fourth-order valence-electron chi connectivity index (χ4n) is 3.04. The van der Waals surface area contributed by atoms with E-state index in [1.54, 1.807) is 0 Å². The Morgan fingerprint density at radius 3 is 2.76 bits per heavy atom. The first-order valence-electron chi connectivity index (χ1n) is 8.31. The predicted molar refractivity (Wildman–Crippen MR) is 97.3 cm³/mol. The minimum absolute atomic E-state index is 0.0433. The number of fused-ring (bicyclic) bond motifs is 1. The Kier molecular flexibility index (Phi) is 4.05. The molecule has 0 saturated heterocycles. The zero-order valence-electron chi connectivity index (χ0n) is 14.2. The van der Waals surface area contributed by atoms with Crippen LogP contribution in [0.3, 0.4) is 0 Å². The van der Waals surface area contributed by atoms with Gasteiger partial charge in [-0.15, -0.1) is 11.3 Å². The molecule has 0 fully saturated rings. The number of hydrogen-bond acceptors (Lipinski definition) is 5. The number of rotatable bonds is 3. The highest BCUT2D eigenvalue weighted by Gasteiger charge is 2.28. The van der Waals surface area contributed by atoms with Crippen molar-refractivity contribution in [3.63, 3.8) is 0 Å². The number of aryl methyl sites for hydroxylation is 2. The number of aromatic nitrogens is 3. The average Bonchev–Trinajstić information content (AvgIpc) is 3.24. The van der Waals surface area contributed by atoms with Gasteiger partial charge in [-0.3, -0.25) is 4.79 Å². The second kappa shape index (κ2) is 6.37. The zero-order valence-corrected chi connectivity index (χ0v) is 15.0. The molecule has 2 aromatic heterocycles. The number of benzene rings is 1. The van der Waals surface area contributed by atoms with Crippen molar-refractivity contribution in [1.82, 2.24) is 19.9 Å². The highest BCUT2D eigenvalue weighted by atomic mass is 32.1. The maximum absolute atomic E-state index is 12.9. The van der Waals surface area contributed by atoms with Crippen LogP contribution in [0.1, 0.15) is 38.6 Å². The fourth-order valence-corrected chi connectivity index (χ4v) is 4.02. The molecule has 5 nitrogen and oxygen atoms in total. The maximum atomic E-state index is 12.9. The van der Waals surface area contributed by atoms with E-state index < -0.39 is 0 Å². The van der Waals surface area contributed by atoms with Crippen LogP contribution in [-0.2, 0) is 19.5 Å². The van der Waals surface area contributed by atoms with Gasteiger partial charge in [0.05, 0.1) is 22.9 Å². The van der Waals surface area contributed by atoms with E-state index in [0.717, 1.165) is 38.8 Å². The quantitative estimate of drug-likeness (QED) is 0.724. The van der Waals surface area contributed by atoms with Crippen molar-refractivity contribution >= 4 is 17.2 Å². The van der Waals surface area contributed by atoms with E-state index in [1.165, 1.54) is 11.3 Å². The molecule has 0 bridgehead atoms. The van der Waals surface area contributed by atoms with Crippen LogP contribution in [-0.4, -0.2) is 25.8 Å². The van der Waals surface area contributed by atoms with Crippen LogP contribution in [0, 0.1) is 6.92 Å². The SMILES string of the molecule is CCc1nc(C)sc1C(=O)N1Cc2cnc(-c3ccccc3)nc2C1. The monoisotopic (exact) mass is 350 g/mol. The lowest BCUT2D eigenvalue weighted by Gasteiger charge is -2.14. The molecule has 6 heteroatoms. The Labute approximate surface area is 150 Å². The molecule has 0 aliphatic carbocycles. The van der Waals surface area contributed by atoms with Gasteiger partial charge in [0.2, 0.25) is 0 Å². The summed E-state index contributed by atoms with van der Waals surface area (Å²) in [6.45, 7) is 5.05. The molecular weight excluding hydrogens is 332 g/mol. The number of thiazole rings is 1. The largest absolute Gasteiger partial charge is 0.328 e. The molecule has 1 aliphatic rings. The van der Waals surface area contributed by atoms with Crippen molar-refractivity contribution in [2.24, 2.45) is 0 Å². The molecule has 4 rings (SSSR count). The van der Waals surface area contributed by atoms with Gasteiger partial charge in [-0.2, -0.15) is 0 Å². The van der Waals surface area contributed by atoms with Gasteiger partial charge >= 0.3 is 0 Å². The molecule has 3 heterocycles. The molecule has 1 aromatic carbocycles. The molecule has 0 spiro atoms. The minimum Gasteiger partial charge on any atom is -0.328 e. The van der Waals surface area contributed by atoms with Gasteiger partial charge < -0.3 is 4.90 Å². The zero-order chi connectivity index (χ0) is 17.4. The van der Waals surface area contributed by atoms with Gasteiger partial charge in [0, 0.05) is 23.9 Å². The first-order chi connectivity index (χ1) is 12.2. The molecule has 126 valence electrons. The van der Waals surface area contributed by atoms with E-state index in [4.69, 9.17) is 0 Å². The molecule has 1 aliphatic heterocycles. The van der Waals surface area contributed by atoms with Gasteiger partial charge in [0.1, 0.15) is 4.88 Å². The molecule has 0 radical (unpaired) electrons. The highest BCUT2D eigenvalue weighted by Crippen LogP contribution is 2.27. The lowest BCUT2D eigenvalue weighted by molar-refractivity contribution is 0.0754. The summed E-state index contributed by atoms with van der Waals surface area (Å²) in [7, 11) is 0. The molecule has 0 saturated carbocycles. The first kappa shape index (κ1) is 15.9. The summed E-state index contributed by atoms with van der Waals surface area (Å²) in [5.41, 5.74) is 3.83. The third-order valence-corrected chi connectivity index (χ3v) is 5.31. The molecular formula is C19H18N4OS. The van der Waals surface area contributed by atoms with E-state index in [9.17, 15) is 4.79 Å². The van der Waals surface area contributed by atoms with Crippen LogP contribution in [0.2, 0.25) is 0 Å². The van der Waals surface area contributed by atoms with E-state index >= 15 is 0 Å². The lowest BCUT2D eigenvalue weighted by Crippen LogP contribution is -2.25. The number of amides is 1. The Hall–Kier alpha value is -2.60.